The fourth-order valence-electron chi connectivity index (χ4n) is 2.56. The van der Waals surface area contributed by atoms with Crippen LogP contribution in [0.25, 0.3) is 0 Å². The molecule has 1 aromatic rings. The van der Waals surface area contributed by atoms with Crippen LogP contribution < -0.4 is 4.74 Å². The molecule has 10 heteroatoms. The summed E-state index contributed by atoms with van der Waals surface area (Å²) in [5.41, 5.74) is 0. The topological polar surface area (TPSA) is 90.0 Å². The number of carbonyl (C=O) groups is 2. The largest absolute Gasteiger partial charge is 0.480 e. The molecule has 0 bridgehead atoms. The van der Waals surface area contributed by atoms with Gasteiger partial charge in [0.25, 0.3) is 5.91 Å². The maximum absolute atomic E-state index is 12.9. The van der Waals surface area contributed by atoms with E-state index in [-0.39, 0.29) is 22.3 Å². The smallest absolute Gasteiger partial charge is 0.344 e. The van der Waals surface area contributed by atoms with Crippen LogP contribution in [0.1, 0.15) is 13.3 Å². The molecule has 0 radical (unpaired) electrons. The second-order valence-electron chi connectivity index (χ2n) is 6.00. The monoisotopic (exact) mass is 407 g/mol. The molecule has 7 nitrogen and oxygen atoms in total. The first-order valence-electron chi connectivity index (χ1n) is 7.83. The molecule has 2 rings (SSSR count). The number of carbonyl (C=O) groups excluding carboxylic acids is 2. The van der Waals surface area contributed by atoms with Crippen LogP contribution in [0.5, 0.6) is 5.75 Å². The average Bonchev–Trinajstić information content (AvgIpc) is 2.92. The van der Waals surface area contributed by atoms with Crippen molar-refractivity contribution in [1.82, 2.24) is 4.90 Å². The summed E-state index contributed by atoms with van der Waals surface area (Å²) < 4.78 is 46.1. The number of esters is 1. The molecule has 2 atom stereocenters. The third-order valence-corrected chi connectivity index (χ3v) is 6.04. The number of likely N-dealkylation sites (N-methyl/N-ethyl adjacent to an activating group) is 1. The molecule has 1 amide bonds. The van der Waals surface area contributed by atoms with Crippen molar-refractivity contribution in [1.29, 1.82) is 0 Å². The molecule has 1 aliphatic rings. The zero-order valence-electron chi connectivity index (χ0n) is 14.3. The van der Waals surface area contributed by atoms with E-state index in [9.17, 15) is 22.4 Å². The third kappa shape index (κ3) is 5.31. The zero-order chi connectivity index (χ0) is 19.5. The first-order chi connectivity index (χ1) is 12.1. The molecule has 0 unspecified atom stereocenters. The van der Waals surface area contributed by atoms with Crippen LogP contribution in [0.2, 0.25) is 5.02 Å². The van der Waals surface area contributed by atoms with Crippen LogP contribution in [0.15, 0.2) is 18.2 Å². The lowest BCUT2D eigenvalue weighted by Crippen LogP contribution is -2.44. The number of hydrogen-bond donors (Lipinski definition) is 0. The Bertz CT molecular complexity index is 800. The number of sulfone groups is 1. The molecule has 0 aromatic heterocycles. The summed E-state index contributed by atoms with van der Waals surface area (Å²) >= 11 is 5.78. The van der Waals surface area contributed by atoms with Crippen molar-refractivity contribution in [2.24, 2.45) is 0 Å². The molecule has 0 spiro atoms. The highest BCUT2D eigenvalue weighted by Gasteiger charge is 2.34. The number of ether oxygens (including phenoxy) is 2. The van der Waals surface area contributed by atoms with Crippen molar-refractivity contribution in [3.63, 3.8) is 0 Å². The molecule has 1 heterocycles. The van der Waals surface area contributed by atoms with Crippen molar-refractivity contribution >= 4 is 33.3 Å². The van der Waals surface area contributed by atoms with Gasteiger partial charge in [0.05, 0.1) is 16.5 Å². The fourth-order valence-corrected chi connectivity index (χ4v) is 4.55. The molecule has 144 valence electrons. The summed E-state index contributed by atoms with van der Waals surface area (Å²) in [6, 6.07) is 3.01. The van der Waals surface area contributed by atoms with Gasteiger partial charge in [-0.1, -0.05) is 11.6 Å². The van der Waals surface area contributed by atoms with Gasteiger partial charge >= 0.3 is 5.97 Å². The van der Waals surface area contributed by atoms with E-state index in [4.69, 9.17) is 21.1 Å². The van der Waals surface area contributed by atoms with E-state index in [1.807, 2.05) is 0 Å². The van der Waals surface area contributed by atoms with Crippen LogP contribution in [-0.4, -0.2) is 62.5 Å². The molecule has 1 fully saturated rings. The van der Waals surface area contributed by atoms with Gasteiger partial charge in [-0.05, 0) is 31.5 Å². The summed E-state index contributed by atoms with van der Waals surface area (Å²) in [6.07, 6.45) is -0.736. The van der Waals surface area contributed by atoms with Crippen LogP contribution in [-0.2, 0) is 24.2 Å². The molecule has 1 saturated heterocycles. The normalized spacial score (nSPS) is 19.6. The van der Waals surface area contributed by atoms with Gasteiger partial charge in [-0.2, -0.15) is 0 Å². The lowest BCUT2D eigenvalue weighted by Gasteiger charge is -2.26. The minimum absolute atomic E-state index is 0.00380. The molecule has 0 saturated carbocycles. The Morgan fingerprint density at radius 3 is 2.69 bits per heavy atom. The van der Waals surface area contributed by atoms with Crippen molar-refractivity contribution in [3.8, 4) is 5.75 Å². The predicted octanol–water partition coefficient (Wildman–Crippen LogP) is 1.44. The van der Waals surface area contributed by atoms with E-state index in [0.29, 0.717) is 6.42 Å². The van der Waals surface area contributed by atoms with Crippen molar-refractivity contribution < 1.29 is 31.9 Å². The van der Waals surface area contributed by atoms with E-state index < -0.39 is 46.3 Å². The fraction of sp³-hybridized carbons (Fsp3) is 0.500. The SMILES string of the molecule is C[C@@H](OC(=O)COc1ccc(F)cc1Cl)C(=O)N(C)[C@H]1CCS(=O)(=O)C1. The standard InChI is InChI=1S/C16H19ClFNO6S/c1-10(16(21)19(2)12-5-6-26(22,23)9-12)25-15(20)8-24-14-4-3-11(18)7-13(14)17/h3-4,7,10,12H,5-6,8-9H2,1-2H3/t10-,12+/m1/s1. The molecule has 0 N–H and O–H groups in total. The average molecular weight is 408 g/mol. The summed E-state index contributed by atoms with van der Waals surface area (Å²) in [5, 5.41) is 0.00380. The highest BCUT2D eigenvalue weighted by atomic mass is 35.5. The number of amides is 1. The van der Waals surface area contributed by atoms with Gasteiger partial charge < -0.3 is 14.4 Å². The van der Waals surface area contributed by atoms with Crippen LogP contribution >= 0.6 is 11.6 Å². The molecule has 1 aliphatic heterocycles. The number of rotatable bonds is 6. The van der Waals surface area contributed by atoms with Crippen LogP contribution in [0, 0.1) is 5.82 Å². The lowest BCUT2D eigenvalue weighted by molar-refractivity contribution is -0.160. The Kier molecular flexibility index (Phi) is 6.46. The minimum Gasteiger partial charge on any atom is -0.480 e. The van der Waals surface area contributed by atoms with Gasteiger partial charge in [0.2, 0.25) is 0 Å². The first-order valence-corrected chi connectivity index (χ1v) is 10.0. The molecule has 0 aliphatic carbocycles. The Balaban J connectivity index is 1.85. The highest BCUT2D eigenvalue weighted by molar-refractivity contribution is 7.91. The Morgan fingerprint density at radius 2 is 2.12 bits per heavy atom. The highest BCUT2D eigenvalue weighted by Crippen LogP contribution is 2.24. The van der Waals surface area contributed by atoms with Crippen LogP contribution in [0.3, 0.4) is 0 Å². The maximum Gasteiger partial charge on any atom is 0.344 e. The molecule has 1 aromatic carbocycles. The van der Waals surface area contributed by atoms with Crippen molar-refractivity contribution in [2.75, 3.05) is 25.2 Å². The Hall–Kier alpha value is -1.87. The zero-order valence-corrected chi connectivity index (χ0v) is 15.8. The minimum atomic E-state index is -3.13. The number of benzene rings is 1. The van der Waals surface area contributed by atoms with E-state index in [1.165, 1.54) is 24.9 Å². The van der Waals surface area contributed by atoms with Gasteiger partial charge in [0.1, 0.15) is 11.6 Å². The predicted molar refractivity (Wildman–Crippen MR) is 92.3 cm³/mol. The van der Waals surface area contributed by atoms with Gasteiger partial charge in [0.15, 0.2) is 22.5 Å². The molecular weight excluding hydrogens is 389 g/mol. The second kappa shape index (κ2) is 8.22. The number of nitrogens with zero attached hydrogens (tertiary/aromatic N) is 1. The lowest BCUT2D eigenvalue weighted by atomic mass is 10.2. The van der Waals surface area contributed by atoms with Gasteiger partial charge in [-0.25, -0.2) is 17.6 Å². The van der Waals surface area contributed by atoms with E-state index in [1.54, 1.807) is 0 Å². The van der Waals surface area contributed by atoms with Crippen LogP contribution in [0.4, 0.5) is 4.39 Å². The third-order valence-electron chi connectivity index (χ3n) is 4.00. The quantitative estimate of drug-likeness (QED) is 0.663. The summed E-state index contributed by atoms with van der Waals surface area (Å²) in [6.45, 7) is 0.884. The molecular formula is C16H19ClFNO6S. The first kappa shape index (κ1) is 20.4. The second-order valence-corrected chi connectivity index (χ2v) is 8.64. The van der Waals surface area contributed by atoms with E-state index >= 15 is 0 Å². The van der Waals surface area contributed by atoms with E-state index in [0.717, 1.165) is 12.1 Å². The van der Waals surface area contributed by atoms with Crippen molar-refractivity contribution in [2.45, 2.75) is 25.5 Å². The van der Waals surface area contributed by atoms with Gasteiger partial charge in [0, 0.05) is 13.1 Å². The van der Waals surface area contributed by atoms with Crippen molar-refractivity contribution in [3.05, 3.63) is 29.0 Å². The number of hydrogen-bond acceptors (Lipinski definition) is 6. The maximum atomic E-state index is 12.9. The Labute approximate surface area is 155 Å². The van der Waals surface area contributed by atoms with Gasteiger partial charge in [-0.3, -0.25) is 4.79 Å². The Morgan fingerprint density at radius 1 is 1.42 bits per heavy atom. The van der Waals surface area contributed by atoms with Gasteiger partial charge in [-0.15, -0.1) is 0 Å². The number of halogens is 2. The summed E-state index contributed by atoms with van der Waals surface area (Å²) in [4.78, 5) is 25.4. The summed E-state index contributed by atoms with van der Waals surface area (Å²) in [7, 11) is -1.65. The van der Waals surface area contributed by atoms with E-state index in [2.05, 4.69) is 0 Å². The molecule has 26 heavy (non-hydrogen) atoms. The summed E-state index contributed by atoms with van der Waals surface area (Å²) in [5.74, 6) is -1.80.